The van der Waals surface area contributed by atoms with E-state index < -0.39 is 33.7 Å². The lowest BCUT2D eigenvalue weighted by molar-refractivity contribution is 0.0571. The summed E-state index contributed by atoms with van der Waals surface area (Å²) in [5.41, 5.74) is 0.647. The number of piperidine rings is 1. The Balaban J connectivity index is 1.83. The number of hydrogen-bond acceptors (Lipinski definition) is 5. The van der Waals surface area contributed by atoms with Crippen LogP contribution in [0.1, 0.15) is 46.9 Å². The summed E-state index contributed by atoms with van der Waals surface area (Å²) in [5.74, 6) is -2.73. The Kier molecular flexibility index (Phi) is 6.86. The third kappa shape index (κ3) is 5.54. The molecule has 9 heteroatoms. The summed E-state index contributed by atoms with van der Waals surface area (Å²) in [6.45, 7) is 2.20. The van der Waals surface area contributed by atoms with E-state index in [1.807, 2.05) is 0 Å². The molecule has 3 rings (SSSR count). The quantitative estimate of drug-likeness (QED) is 0.651. The fourth-order valence-corrected chi connectivity index (χ4v) is 4.44. The number of nitrogens with zero attached hydrogens (tertiary/aromatic N) is 1. The summed E-state index contributed by atoms with van der Waals surface area (Å²) in [7, 11) is -3.49. The molecular formula is C22H24F2N2O4S. The van der Waals surface area contributed by atoms with Crippen LogP contribution in [-0.2, 0) is 10.0 Å². The highest BCUT2D eigenvalue weighted by atomic mass is 32.2. The molecule has 1 saturated heterocycles. The molecule has 2 aromatic carbocycles. The predicted octanol–water partition coefficient (Wildman–Crippen LogP) is 3.64. The Labute approximate surface area is 180 Å². The zero-order chi connectivity index (χ0) is 22.8. The minimum Gasteiger partial charge on any atom is -0.292 e. The molecule has 0 aromatic heterocycles. The smallest absolute Gasteiger partial charge is 0.229 e. The fourth-order valence-electron chi connectivity index (χ4n) is 3.88. The molecule has 0 spiro atoms. The number of sulfonamides is 1. The van der Waals surface area contributed by atoms with Gasteiger partial charge in [-0.15, -0.1) is 0 Å². The van der Waals surface area contributed by atoms with Crippen LogP contribution in [0.4, 0.5) is 14.5 Å². The fraction of sp³-hybridized carbons (Fsp3) is 0.364. The zero-order valence-electron chi connectivity index (χ0n) is 17.3. The van der Waals surface area contributed by atoms with Crippen LogP contribution in [0.2, 0.25) is 0 Å². The van der Waals surface area contributed by atoms with Gasteiger partial charge in [-0.3, -0.25) is 19.2 Å². The highest BCUT2D eigenvalue weighted by Crippen LogP contribution is 2.26. The molecular weight excluding hydrogens is 426 g/mol. The van der Waals surface area contributed by atoms with Crippen molar-refractivity contribution >= 4 is 27.3 Å². The molecule has 1 aliphatic heterocycles. The van der Waals surface area contributed by atoms with Gasteiger partial charge in [0.25, 0.3) is 0 Å². The lowest BCUT2D eigenvalue weighted by atomic mass is 9.91. The molecule has 1 heterocycles. The normalized spacial score (nSPS) is 18.4. The van der Waals surface area contributed by atoms with Gasteiger partial charge in [0, 0.05) is 16.8 Å². The summed E-state index contributed by atoms with van der Waals surface area (Å²) in [6, 6.07) is 7.93. The number of halogens is 2. The number of ketones is 2. The van der Waals surface area contributed by atoms with Gasteiger partial charge >= 0.3 is 0 Å². The van der Waals surface area contributed by atoms with Gasteiger partial charge in [0.05, 0.1) is 18.3 Å². The first-order valence-corrected chi connectivity index (χ1v) is 11.8. The number of Topliss-reactive ketones (excluding diaryl/α,β-unsaturated/α-hetero) is 2. The number of anilines is 1. The molecule has 1 N–H and O–H groups in total. The van der Waals surface area contributed by atoms with Gasteiger partial charge in [0.2, 0.25) is 10.0 Å². The molecule has 0 radical (unpaired) electrons. The minimum absolute atomic E-state index is 0.0646. The maximum absolute atomic E-state index is 13.6. The average molecular weight is 451 g/mol. The number of likely N-dealkylation sites (tertiary alicyclic amines) is 1. The number of carbonyl (C=O) groups excluding carboxylic acids is 2. The van der Waals surface area contributed by atoms with E-state index in [0.29, 0.717) is 18.5 Å². The molecule has 2 atom stereocenters. The van der Waals surface area contributed by atoms with Crippen LogP contribution in [0.25, 0.3) is 0 Å². The largest absolute Gasteiger partial charge is 0.292 e. The number of benzene rings is 2. The van der Waals surface area contributed by atoms with Crippen molar-refractivity contribution in [2.45, 2.75) is 38.3 Å². The van der Waals surface area contributed by atoms with Crippen molar-refractivity contribution < 1.29 is 26.8 Å². The molecule has 31 heavy (non-hydrogen) atoms. The lowest BCUT2D eigenvalue weighted by Crippen LogP contribution is -2.51. The summed E-state index contributed by atoms with van der Waals surface area (Å²) < 4.78 is 52.2. The van der Waals surface area contributed by atoms with Crippen molar-refractivity contribution in [1.29, 1.82) is 0 Å². The monoisotopic (exact) mass is 450 g/mol. The zero-order valence-corrected chi connectivity index (χ0v) is 18.1. The van der Waals surface area contributed by atoms with Crippen molar-refractivity contribution in [3.63, 3.8) is 0 Å². The second-order valence-corrected chi connectivity index (χ2v) is 9.49. The van der Waals surface area contributed by atoms with Crippen LogP contribution in [0.15, 0.2) is 42.5 Å². The first kappa shape index (κ1) is 23.0. The molecule has 0 aliphatic carbocycles. The molecule has 0 amide bonds. The van der Waals surface area contributed by atoms with E-state index in [1.54, 1.807) is 30.0 Å². The SMILES string of the molecule is CC(C(=O)c1cccc(NS(C)(=O)=O)c1)N1CCCCC1C(=O)c1ccc(F)c(F)c1. The number of rotatable bonds is 7. The molecule has 166 valence electrons. The van der Waals surface area contributed by atoms with Crippen LogP contribution in [0, 0.1) is 11.6 Å². The molecule has 0 saturated carbocycles. The van der Waals surface area contributed by atoms with Gasteiger partial charge in [-0.1, -0.05) is 18.6 Å². The minimum atomic E-state index is -3.49. The van der Waals surface area contributed by atoms with Crippen molar-refractivity contribution in [3.8, 4) is 0 Å². The van der Waals surface area contributed by atoms with Gasteiger partial charge in [0.1, 0.15) is 0 Å². The Bertz CT molecular complexity index is 1100. The Hall–Kier alpha value is -2.65. The molecule has 1 aliphatic rings. The van der Waals surface area contributed by atoms with Crippen molar-refractivity contribution in [1.82, 2.24) is 4.90 Å². The second-order valence-electron chi connectivity index (χ2n) is 7.74. The topological polar surface area (TPSA) is 83.6 Å². The van der Waals surface area contributed by atoms with Gasteiger partial charge in [-0.25, -0.2) is 17.2 Å². The summed E-state index contributed by atoms with van der Waals surface area (Å²) >= 11 is 0. The van der Waals surface area contributed by atoms with Crippen LogP contribution < -0.4 is 4.72 Å². The van der Waals surface area contributed by atoms with Crippen LogP contribution in [0.5, 0.6) is 0 Å². The number of nitrogens with one attached hydrogen (secondary N) is 1. The van der Waals surface area contributed by atoms with Gasteiger partial charge in [-0.05, 0) is 56.6 Å². The summed E-state index contributed by atoms with van der Waals surface area (Å²) in [4.78, 5) is 27.9. The molecule has 2 aromatic rings. The van der Waals surface area contributed by atoms with Crippen molar-refractivity contribution in [3.05, 3.63) is 65.2 Å². The van der Waals surface area contributed by atoms with E-state index in [2.05, 4.69) is 4.72 Å². The number of hydrogen-bond donors (Lipinski definition) is 1. The van der Waals surface area contributed by atoms with E-state index in [-0.39, 0.29) is 22.8 Å². The summed E-state index contributed by atoms with van der Waals surface area (Å²) in [5, 5.41) is 0. The molecule has 2 unspecified atom stereocenters. The first-order valence-electron chi connectivity index (χ1n) is 9.94. The number of carbonyl (C=O) groups is 2. The Morgan fingerprint density at radius 1 is 1.06 bits per heavy atom. The Morgan fingerprint density at radius 2 is 1.81 bits per heavy atom. The second kappa shape index (κ2) is 9.23. The van der Waals surface area contributed by atoms with E-state index >= 15 is 0 Å². The summed E-state index contributed by atoms with van der Waals surface area (Å²) in [6.07, 6.45) is 3.11. The first-order chi connectivity index (χ1) is 14.6. The van der Waals surface area contributed by atoms with E-state index in [0.717, 1.165) is 31.2 Å². The maximum atomic E-state index is 13.6. The van der Waals surface area contributed by atoms with Crippen LogP contribution in [0.3, 0.4) is 0 Å². The van der Waals surface area contributed by atoms with Crippen LogP contribution >= 0.6 is 0 Å². The van der Waals surface area contributed by atoms with Gasteiger partial charge < -0.3 is 0 Å². The molecule has 6 nitrogen and oxygen atoms in total. The standard InChI is InChI=1S/C22H24F2N2O4S/c1-14(21(27)15-6-5-7-17(12-15)25-31(2,29)30)26-11-4-3-8-20(26)22(28)16-9-10-18(23)19(24)13-16/h5-7,9-10,12-14,20,25H,3-4,8,11H2,1-2H3. The highest BCUT2D eigenvalue weighted by molar-refractivity contribution is 7.92. The van der Waals surface area contributed by atoms with E-state index in [4.69, 9.17) is 0 Å². The Morgan fingerprint density at radius 3 is 2.48 bits per heavy atom. The third-order valence-electron chi connectivity index (χ3n) is 5.38. The van der Waals surface area contributed by atoms with Crippen LogP contribution in [-0.4, -0.2) is 49.8 Å². The highest BCUT2D eigenvalue weighted by Gasteiger charge is 2.35. The van der Waals surface area contributed by atoms with Crippen molar-refractivity contribution in [2.75, 3.05) is 17.5 Å². The maximum Gasteiger partial charge on any atom is 0.229 e. The molecule has 1 fully saturated rings. The van der Waals surface area contributed by atoms with E-state index in [9.17, 15) is 26.8 Å². The average Bonchev–Trinajstić information content (AvgIpc) is 2.73. The van der Waals surface area contributed by atoms with E-state index in [1.165, 1.54) is 12.1 Å². The van der Waals surface area contributed by atoms with Crippen molar-refractivity contribution in [2.24, 2.45) is 0 Å². The van der Waals surface area contributed by atoms with Gasteiger partial charge in [0.15, 0.2) is 23.2 Å². The van der Waals surface area contributed by atoms with Gasteiger partial charge in [-0.2, -0.15) is 0 Å². The third-order valence-corrected chi connectivity index (χ3v) is 5.98. The predicted molar refractivity (Wildman–Crippen MR) is 114 cm³/mol. The molecule has 0 bridgehead atoms. The lowest BCUT2D eigenvalue weighted by Gasteiger charge is -2.38.